The number of hydrogen-bond donors (Lipinski definition) is 1. The van der Waals surface area contributed by atoms with Crippen molar-refractivity contribution in [2.24, 2.45) is 0 Å². The molecule has 0 aliphatic rings. The van der Waals surface area contributed by atoms with Crippen LogP contribution in [-0.2, 0) is 4.79 Å². The first-order valence-electron chi connectivity index (χ1n) is 7.84. The maximum Gasteiger partial charge on any atom is 0.262 e. The lowest BCUT2D eigenvalue weighted by Gasteiger charge is -2.12. The second kappa shape index (κ2) is 8.08. The van der Waals surface area contributed by atoms with Crippen molar-refractivity contribution < 1.29 is 9.53 Å². The van der Waals surface area contributed by atoms with E-state index in [1.165, 1.54) is 0 Å². The molecule has 4 nitrogen and oxygen atoms in total. The number of benzene rings is 2. The van der Waals surface area contributed by atoms with Crippen LogP contribution >= 0.6 is 34.5 Å². The molecule has 3 rings (SSSR count). The van der Waals surface area contributed by atoms with Crippen LogP contribution in [0.2, 0.25) is 10.0 Å². The van der Waals surface area contributed by atoms with Gasteiger partial charge >= 0.3 is 0 Å². The van der Waals surface area contributed by atoms with Crippen LogP contribution in [0.1, 0.15) is 11.3 Å². The number of hydrogen-bond acceptors (Lipinski definition) is 4. The van der Waals surface area contributed by atoms with Gasteiger partial charge in [0.25, 0.3) is 5.91 Å². The minimum absolute atomic E-state index is 0.143. The van der Waals surface area contributed by atoms with Gasteiger partial charge in [0.1, 0.15) is 10.8 Å². The highest BCUT2D eigenvalue weighted by Gasteiger charge is 2.12. The molecule has 0 spiro atoms. The molecule has 0 aliphatic heterocycles. The van der Waals surface area contributed by atoms with Gasteiger partial charge in [0.05, 0.1) is 15.7 Å². The molecule has 0 radical (unpaired) electrons. The summed E-state index contributed by atoms with van der Waals surface area (Å²) in [5, 5.41) is 6.46. The number of nitrogens with one attached hydrogen (secondary N) is 1. The van der Waals surface area contributed by atoms with Crippen LogP contribution in [0.3, 0.4) is 0 Å². The number of carbonyl (C=O) groups excluding carboxylic acids is 1. The lowest BCUT2D eigenvalue weighted by molar-refractivity contribution is -0.118. The monoisotopic (exact) mass is 406 g/mol. The lowest BCUT2D eigenvalue weighted by Crippen LogP contribution is -2.20. The Balaban J connectivity index is 1.61. The van der Waals surface area contributed by atoms with Gasteiger partial charge in [0.15, 0.2) is 6.61 Å². The molecule has 0 saturated carbocycles. The molecule has 1 N–H and O–H groups in total. The first-order chi connectivity index (χ1) is 12.4. The van der Waals surface area contributed by atoms with E-state index in [2.05, 4.69) is 10.3 Å². The van der Waals surface area contributed by atoms with E-state index in [4.69, 9.17) is 27.9 Å². The first-order valence-corrected chi connectivity index (χ1v) is 9.47. The zero-order valence-corrected chi connectivity index (χ0v) is 16.5. The number of rotatable bonds is 5. The van der Waals surface area contributed by atoms with E-state index in [-0.39, 0.29) is 12.5 Å². The number of anilines is 1. The molecular weight excluding hydrogens is 391 g/mol. The summed E-state index contributed by atoms with van der Waals surface area (Å²) in [7, 11) is 0. The van der Waals surface area contributed by atoms with Crippen LogP contribution in [0.4, 0.5) is 5.69 Å². The minimum atomic E-state index is -0.334. The maximum absolute atomic E-state index is 12.1. The summed E-state index contributed by atoms with van der Waals surface area (Å²) in [6, 6.07) is 10.9. The Morgan fingerprint density at radius 3 is 2.54 bits per heavy atom. The topological polar surface area (TPSA) is 51.2 Å². The van der Waals surface area contributed by atoms with Crippen LogP contribution in [0.25, 0.3) is 10.6 Å². The van der Waals surface area contributed by atoms with E-state index in [1.54, 1.807) is 23.5 Å². The molecule has 1 amide bonds. The number of amides is 1. The van der Waals surface area contributed by atoms with Gasteiger partial charge in [-0.2, -0.15) is 0 Å². The van der Waals surface area contributed by atoms with Crippen molar-refractivity contribution in [2.45, 2.75) is 13.8 Å². The fourth-order valence-corrected chi connectivity index (χ4v) is 3.54. The molecule has 0 fully saturated rings. The Labute approximate surface area is 165 Å². The second-order valence-corrected chi connectivity index (χ2v) is 7.35. The van der Waals surface area contributed by atoms with Crippen molar-refractivity contribution in [1.29, 1.82) is 0 Å². The molecule has 0 bridgehead atoms. The zero-order chi connectivity index (χ0) is 18.7. The molecule has 26 heavy (non-hydrogen) atoms. The van der Waals surface area contributed by atoms with E-state index >= 15 is 0 Å². The van der Waals surface area contributed by atoms with Crippen LogP contribution < -0.4 is 10.1 Å². The molecule has 2 aromatic carbocycles. The molecule has 0 atom stereocenters. The molecule has 1 heterocycles. The van der Waals surface area contributed by atoms with Gasteiger partial charge < -0.3 is 10.1 Å². The summed E-state index contributed by atoms with van der Waals surface area (Å²) in [5.74, 6) is 0.262. The number of ether oxygens (including phenoxy) is 1. The Morgan fingerprint density at radius 1 is 1.15 bits per heavy atom. The molecular formula is C19H16Cl2N2O2S. The summed E-state index contributed by atoms with van der Waals surface area (Å²) in [6.45, 7) is 3.66. The maximum atomic E-state index is 12.1. The zero-order valence-electron chi connectivity index (χ0n) is 14.2. The van der Waals surface area contributed by atoms with E-state index in [0.29, 0.717) is 21.5 Å². The fraction of sp³-hybridized carbons (Fsp3) is 0.158. The average Bonchev–Trinajstić information content (AvgIpc) is 3.07. The third kappa shape index (κ3) is 4.36. The normalized spacial score (nSPS) is 10.6. The Hall–Kier alpha value is -2.08. The number of carbonyl (C=O) groups is 1. The van der Waals surface area contributed by atoms with Gasteiger partial charge in [-0.15, -0.1) is 11.3 Å². The van der Waals surface area contributed by atoms with Gasteiger partial charge in [0.2, 0.25) is 0 Å². The average molecular weight is 407 g/mol. The third-order valence-electron chi connectivity index (χ3n) is 3.64. The summed E-state index contributed by atoms with van der Waals surface area (Å²) in [6.07, 6.45) is 0. The third-order valence-corrected chi connectivity index (χ3v) is 5.45. The van der Waals surface area contributed by atoms with Crippen LogP contribution in [-0.4, -0.2) is 17.5 Å². The van der Waals surface area contributed by atoms with Crippen molar-refractivity contribution in [3.05, 3.63) is 63.1 Å². The summed E-state index contributed by atoms with van der Waals surface area (Å²) in [5.41, 5.74) is 3.24. The standard InChI is InChI=1S/C19H16Cl2N2O2S/c1-11-3-8-15(20)18(17(11)21)23-16(24)9-25-14-6-4-13(5-7-14)19-22-12(2)10-26-19/h3-8,10H,9H2,1-2H3,(H,23,24). The predicted octanol–water partition coefficient (Wildman–Crippen LogP) is 5.75. The highest BCUT2D eigenvalue weighted by Crippen LogP contribution is 2.32. The highest BCUT2D eigenvalue weighted by atomic mass is 35.5. The lowest BCUT2D eigenvalue weighted by atomic mass is 10.2. The van der Waals surface area contributed by atoms with E-state index < -0.39 is 0 Å². The van der Waals surface area contributed by atoms with Crippen LogP contribution in [0, 0.1) is 13.8 Å². The second-order valence-electron chi connectivity index (χ2n) is 5.71. The number of aryl methyl sites for hydroxylation is 2. The van der Waals surface area contributed by atoms with Crippen molar-refractivity contribution in [3.8, 4) is 16.3 Å². The minimum Gasteiger partial charge on any atom is -0.484 e. The van der Waals surface area contributed by atoms with E-state index in [0.717, 1.165) is 21.8 Å². The van der Waals surface area contributed by atoms with Gasteiger partial charge in [-0.05, 0) is 49.7 Å². The van der Waals surface area contributed by atoms with Crippen molar-refractivity contribution >= 4 is 46.1 Å². The molecule has 1 aromatic heterocycles. The van der Waals surface area contributed by atoms with Gasteiger partial charge in [-0.1, -0.05) is 29.3 Å². The Kier molecular flexibility index (Phi) is 5.81. The highest BCUT2D eigenvalue weighted by molar-refractivity contribution is 7.13. The SMILES string of the molecule is Cc1csc(-c2ccc(OCC(=O)Nc3c(Cl)ccc(C)c3Cl)cc2)n1. The van der Waals surface area contributed by atoms with Crippen molar-refractivity contribution in [3.63, 3.8) is 0 Å². The van der Waals surface area contributed by atoms with Gasteiger partial charge in [-0.25, -0.2) is 4.98 Å². The Morgan fingerprint density at radius 2 is 1.88 bits per heavy atom. The van der Waals surface area contributed by atoms with Crippen LogP contribution in [0.15, 0.2) is 41.8 Å². The largest absolute Gasteiger partial charge is 0.484 e. The predicted molar refractivity (Wildman–Crippen MR) is 108 cm³/mol. The molecule has 3 aromatic rings. The number of halogens is 2. The van der Waals surface area contributed by atoms with Crippen molar-refractivity contribution in [2.75, 3.05) is 11.9 Å². The first kappa shape index (κ1) is 18.7. The smallest absolute Gasteiger partial charge is 0.262 e. The van der Waals surface area contributed by atoms with Crippen molar-refractivity contribution in [1.82, 2.24) is 4.98 Å². The number of aromatic nitrogens is 1. The molecule has 0 unspecified atom stereocenters. The fourth-order valence-electron chi connectivity index (χ4n) is 2.28. The summed E-state index contributed by atoms with van der Waals surface area (Å²) >= 11 is 13.9. The van der Waals surface area contributed by atoms with E-state index in [1.807, 2.05) is 43.5 Å². The van der Waals surface area contributed by atoms with Gasteiger partial charge in [-0.3, -0.25) is 4.79 Å². The van der Waals surface area contributed by atoms with Gasteiger partial charge in [0, 0.05) is 16.6 Å². The summed E-state index contributed by atoms with van der Waals surface area (Å²) in [4.78, 5) is 16.6. The number of thiazole rings is 1. The number of nitrogens with zero attached hydrogens (tertiary/aromatic N) is 1. The molecule has 0 aliphatic carbocycles. The quantitative estimate of drug-likeness (QED) is 0.586. The molecule has 7 heteroatoms. The Bertz CT molecular complexity index is 939. The molecule has 134 valence electrons. The molecule has 0 saturated heterocycles. The summed E-state index contributed by atoms with van der Waals surface area (Å²) < 4.78 is 5.53. The van der Waals surface area contributed by atoms with E-state index in [9.17, 15) is 4.79 Å². The van der Waals surface area contributed by atoms with Crippen LogP contribution in [0.5, 0.6) is 5.75 Å².